The molecule has 1 atom stereocenters. The number of rotatable bonds is 4. The molecule has 5 rings (SSSR count). The van der Waals surface area contributed by atoms with Crippen LogP contribution in [-0.4, -0.2) is 23.0 Å². The number of fused-ring (bicyclic) bond motifs is 2. The summed E-state index contributed by atoms with van der Waals surface area (Å²) >= 11 is 0. The summed E-state index contributed by atoms with van der Waals surface area (Å²) in [6.07, 6.45) is 0. The SMILES string of the molecule is C[C@H](c1ccccc1)n1c(N)c(S(=O)(=O)c2ccc(F)cc2)c2nc3ccccc3nc21. The second-order valence-corrected chi connectivity index (χ2v) is 9.40. The Morgan fingerprint density at radius 2 is 1.47 bits per heavy atom. The second kappa shape index (κ2) is 7.42. The highest BCUT2D eigenvalue weighted by molar-refractivity contribution is 7.92. The van der Waals surface area contributed by atoms with E-state index in [9.17, 15) is 12.8 Å². The standard InChI is InChI=1S/C24H19FN4O2S/c1-15(16-7-3-2-4-8-16)29-23(26)22(32(30,31)18-13-11-17(25)12-14-18)21-24(29)28-20-10-6-5-9-19(20)27-21/h2-15H,26H2,1H3/t15-/m1/s1. The maximum atomic E-state index is 13.6. The van der Waals surface area contributed by atoms with Crippen molar-refractivity contribution in [1.29, 1.82) is 0 Å². The first kappa shape index (κ1) is 20.1. The van der Waals surface area contributed by atoms with Gasteiger partial charge < -0.3 is 10.3 Å². The number of nitrogens with zero attached hydrogens (tertiary/aromatic N) is 3. The molecule has 2 N–H and O–H groups in total. The molecule has 160 valence electrons. The summed E-state index contributed by atoms with van der Waals surface area (Å²) in [6.45, 7) is 1.93. The highest BCUT2D eigenvalue weighted by atomic mass is 32.2. The van der Waals surface area contributed by atoms with Crippen LogP contribution in [0.2, 0.25) is 0 Å². The first-order valence-electron chi connectivity index (χ1n) is 9.99. The van der Waals surface area contributed by atoms with E-state index in [1.165, 1.54) is 12.1 Å². The van der Waals surface area contributed by atoms with Gasteiger partial charge in [-0.15, -0.1) is 0 Å². The first-order valence-corrected chi connectivity index (χ1v) is 11.5. The molecule has 0 aliphatic carbocycles. The zero-order valence-electron chi connectivity index (χ0n) is 17.1. The van der Waals surface area contributed by atoms with E-state index in [1.807, 2.05) is 55.5 Å². The molecule has 3 aromatic carbocycles. The number of hydrogen-bond donors (Lipinski definition) is 1. The lowest BCUT2D eigenvalue weighted by Crippen LogP contribution is -2.12. The van der Waals surface area contributed by atoms with Crippen LogP contribution in [0.25, 0.3) is 22.2 Å². The lowest BCUT2D eigenvalue weighted by Gasteiger charge is -2.17. The van der Waals surface area contributed by atoms with Gasteiger partial charge in [-0.25, -0.2) is 22.8 Å². The van der Waals surface area contributed by atoms with Crippen molar-refractivity contribution in [3.63, 3.8) is 0 Å². The van der Waals surface area contributed by atoms with Gasteiger partial charge in [-0.1, -0.05) is 42.5 Å². The van der Waals surface area contributed by atoms with E-state index in [1.54, 1.807) is 10.6 Å². The van der Waals surface area contributed by atoms with Crippen molar-refractivity contribution in [2.45, 2.75) is 22.8 Å². The molecule has 0 aliphatic heterocycles. The van der Waals surface area contributed by atoms with Crippen molar-refractivity contribution in [3.8, 4) is 0 Å². The lowest BCUT2D eigenvalue weighted by atomic mass is 10.1. The molecule has 0 saturated heterocycles. The van der Waals surface area contributed by atoms with Gasteiger partial charge in [0.1, 0.15) is 22.0 Å². The van der Waals surface area contributed by atoms with E-state index in [-0.39, 0.29) is 27.2 Å². The largest absolute Gasteiger partial charge is 0.384 e. The van der Waals surface area contributed by atoms with Crippen molar-refractivity contribution >= 4 is 37.9 Å². The topological polar surface area (TPSA) is 90.9 Å². The van der Waals surface area contributed by atoms with Crippen molar-refractivity contribution < 1.29 is 12.8 Å². The summed E-state index contributed by atoms with van der Waals surface area (Å²) in [4.78, 5) is 9.16. The number of halogens is 1. The molecule has 0 spiro atoms. The molecule has 0 aliphatic rings. The molecule has 0 bridgehead atoms. The molecule has 0 unspecified atom stereocenters. The fourth-order valence-corrected chi connectivity index (χ4v) is 5.42. The van der Waals surface area contributed by atoms with Gasteiger partial charge >= 0.3 is 0 Å². The zero-order chi connectivity index (χ0) is 22.5. The van der Waals surface area contributed by atoms with Crippen molar-refractivity contribution in [2.75, 3.05) is 5.73 Å². The number of para-hydroxylation sites is 2. The van der Waals surface area contributed by atoms with Crippen LogP contribution >= 0.6 is 0 Å². The van der Waals surface area contributed by atoms with Gasteiger partial charge in [0.25, 0.3) is 0 Å². The Labute approximate surface area is 184 Å². The summed E-state index contributed by atoms with van der Waals surface area (Å²) in [5, 5.41) is 0. The summed E-state index contributed by atoms with van der Waals surface area (Å²) in [7, 11) is -4.09. The average molecular weight is 447 g/mol. The van der Waals surface area contributed by atoms with Gasteiger partial charge in [-0.3, -0.25) is 0 Å². The zero-order valence-corrected chi connectivity index (χ0v) is 17.9. The van der Waals surface area contributed by atoms with Gasteiger partial charge in [0.15, 0.2) is 5.65 Å². The minimum absolute atomic E-state index is 0.0379. The van der Waals surface area contributed by atoms with Crippen LogP contribution in [0.5, 0.6) is 0 Å². The molecule has 6 nitrogen and oxygen atoms in total. The highest BCUT2D eigenvalue weighted by Crippen LogP contribution is 2.38. The molecule has 2 aromatic heterocycles. The fourth-order valence-electron chi connectivity index (χ4n) is 3.93. The average Bonchev–Trinajstić information content (AvgIpc) is 3.09. The van der Waals surface area contributed by atoms with Crippen LogP contribution in [0.15, 0.2) is 88.7 Å². The third-order valence-electron chi connectivity index (χ3n) is 5.55. The Morgan fingerprint density at radius 3 is 2.12 bits per heavy atom. The van der Waals surface area contributed by atoms with Crippen LogP contribution < -0.4 is 5.73 Å². The number of anilines is 1. The monoisotopic (exact) mass is 446 g/mol. The third kappa shape index (κ3) is 3.11. The lowest BCUT2D eigenvalue weighted by molar-refractivity contribution is 0.594. The summed E-state index contributed by atoms with van der Waals surface area (Å²) < 4.78 is 42.3. The molecule has 8 heteroatoms. The van der Waals surface area contributed by atoms with Gasteiger partial charge in [-0.2, -0.15) is 0 Å². The quantitative estimate of drug-likeness (QED) is 0.403. The molecule has 5 aromatic rings. The minimum atomic E-state index is -4.09. The van der Waals surface area contributed by atoms with E-state index in [0.29, 0.717) is 16.7 Å². The van der Waals surface area contributed by atoms with Crippen LogP contribution in [0.1, 0.15) is 18.5 Å². The Bertz CT molecular complexity index is 1560. The number of nitrogen functional groups attached to an aromatic ring is 1. The fraction of sp³-hybridized carbons (Fsp3) is 0.0833. The van der Waals surface area contributed by atoms with Crippen LogP contribution in [0.3, 0.4) is 0 Å². The highest BCUT2D eigenvalue weighted by Gasteiger charge is 2.31. The van der Waals surface area contributed by atoms with Crippen LogP contribution in [-0.2, 0) is 9.84 Å². The van der Waals surface area contributed by atoms with E-state index in [4.69, 9.17) is 10.7 Å². The molecule has 2 heterocycles. The maximum Gasteiger partial charge on any atom is 0.212 e. The Hall–Kier alpha value is -3.78. The predicted molar refractivity (Wildman–Crippen MR) is 122 cm³/mol. The van der Waals surface area contributed by atoms with E-state index in [2.05, 4.69) is 4.98 Å². The summed E-state index contributed by atoms with van der Waals surface area (Å²) in [5.41, 5.74) is 9.19. The number of hydrogen-bond acceptors (Lipinski definition) is 5. The minimum Gasteiger partial charge on any atom is -0.384 e. The summed E-state index contributed by atoms with van der Waals surface area (Å²) in [5.74, 6) is -0.487. The predicted octanol–water partition coefficient (Wildman–Crippen LogP) is 4.75. The molecule has 32 heavy (non-hydrogen) atoms. The normalized spacial score (nSPS) is 12.9. The van der Waals surface area contributed by atoms with E-state index >= 15 is 0 Å². The van der Waals surface area contributed by atoms with E-state index < -0.39 is 15.7 Å². The molecule has 0 amide bonds. The van der Waals surface area contributed by atoms with Crippen molar-refractivity contribution in [2.24, 2.45) is 0 Å². The Kier molecular flexibility index (Phi) is 4.67. The Balaban J connectivity index is 1.86. The maximum absolute atomic E-state index is 13.6. The van der Waals surface area contributed by atoms with Crippen molar-refractivity contribution in [1.82, 2.24) is 14.5 Å². The molecule has 0 saturated carbocycles. The first-order chi connectivity index (χ1) is 15.4. The van der Waals surface area contributed by atoms with Crippen LogP contribution in [0.4, 0.5) is 10.2 Å². The van der Waals surface area contributed by atoms with Crippen LogP contribution in [0, 0.1) is 5.82 Å². The molecular weight excluding hydrogens is 427 g/mol. The van der Waals surface area contributed by atoms with Gasteiger partial charge in [0.2, 0.25) is 9.84 Å². The smallest absolute Gasteiger partial charge is 0.212 e. The summed E-state index contributed by atoms with van der Waals surface area (Å²) in [6, 6.07) is 21.2. The van der Waals surface area contributed by atoms with E-state index in [0.717, 1.165) is 17.7 Å². The number of benzene rings is 3. The van der Waals surface area contributed by atoms with Crippen molar-refractivity contribution in [3.05, 3.63) is 90.2 Å². The number of nitrogens with two attached hydrogens (primary N) is 1. The third-order valence-corrected chi connectivity index (χ3v) is 7.38. The van der Waals surface area contributed by atoms with Gasteiger partial charge in [0, 0.05) is 0 Å². The number of aromatic nitrogens is 3. The molecular formula is C24H19FN4O2S. The molecule has 0 fully saturated rings. The van der Waals surface area contributed by atoms with Gasteiger partial charge in [0.05, 0.1) is 22.0 Å². The Morgan fingerprint density at radius 1 is 0.875 bits per heavy atom. The molecule has 0 radical (unpaired) electrons. The number of sulfone groups is 1. The second-order valence-electron chi connectivity index (χ2n) is 7.51. The van der Waals surface area contributed by atoms with Gasteiger partial charge in [-0.05, 0) is 48.9 Å².